The molecule has 61 heavy (non-hydrogen) atoms. The first kappa shape index (κ1) is 44.4. The highest BCUT2D eigenvalue weighted by molar-refractivity contribution is 6.40. The van der Waals surface area contributed by atoms with Gasteiger partial charge in [0.2, 0.25) is 11.8 Å². The summed E-state index contributed by atoms with van der Waals surface area (Å²) < 4.78 is 9.46. The van der Waals surface area contributed by atoms with Crippen LogP contribution in [0, 0.1) is 11.8 Å². The Hall–Kier alpha value is -4.61. The van der Waals surface area contributed by atoms with Crippen molar-refractivity contribution >= 4 is 64.2 Å². The van der Waals surface area contributed by atoms with Crippen LogP contribution >= 0.6 is 23.2 Å². The molecule has 6 unspecified atom stereocenters. The number of amides is 3. The molecule has 0 radical (unpaired) electrons. The average Bonchev–Trinajstić information content (AvgIpc) is 4.21. The van der Waals surface area contributed by atoms with Crippen molar-refractivity contribution in [1.29, 1.82) is 0 Å². The van der Waals surface area contributed by atoms with E-state index in [0.29, 0.717) is 23.6 Å². The summed E-state index contributed by atoms with van der Waals surface area (Å²) in [6, 6.07) is 27.0. The van der Waals surface area contributed by atoms with Gasteiger partial charge in [-0.2, -0.15) is 0 Å². The zero-order valence-electron chi connectivity index (χ0n) is 35.2. The molecule has 0 saturated heterocycles. The van der Waals surface area contributed by atoms with E-state index in [4.69, 9.17) is 32.7 Å². The van der Waals surface area contributed by atoms with E-state index < -0.39 is 0 Å². The van der Waals surface area contributed by atoms with Crippen LogP contribution in [0.3, 0.4) is 0 Å². The lowest BCUT2D eigenvalue weighted by atomic mass is 9.81. The number of hydrogen-bond donors (Lipinski definition) is 1. The van der Waals surface area contributed by atoms with Crippen LogP contribution in [0.15, 0.2) is 78.9 Å². The van der Waals surface area contributed by atoms with E-state index in [9.17, 15) is 24.0 Å². The van der Waals surface area contributed by atoms with Crippen molar-refractivity contribution in [2.75, 3.05) is 29.8 Å². The minimum atomic E-state index is -0.360. The van der Waals surface area contributed by atoms with Gasteiger partial charge < -0.3 is 29.5 Å². The van der Waals surface area contributed by atoms with E-state index in [-0.39, 0.29) is 90.8 Å². The summed E-state index contributed by atoms with van der Waals surface area (Å²) in [5, 5.41) is 3.88. The van der Waals surface area contributed by atoms with Crippen molar-refractivity contribution in [1.82, 2.24) is 9.80 Å². The molecule has 3 aromatic carbocycles. The molecule has 2 aliphatic heterocycles. The minimum Gasteiger partial charge on any atom is -0.469 e. The fourth-order valence-corrected chi connectivity index (χ4v) is 10.3. The highest BCUT2D eigenvalue weighted by Gasteiger charge is 2.52. The maximum Gasteiger partial charge on any atom is 0.306 e. The Morgan fingerprint density at radius 2 is 1.13 bits per heavy atom. The van der Waals surface area contributed by atoms with Gasteiger partial charge in [-0.15, -0.1) is 23.2 Å². The second-order valence-corrected chi connectivity index (χ2v) is 17.7. The van der Waals surface area contributed by atoms with E-state index in [2.05, 4.69) is 45.4 Å². The Kier molecular flexibility index (Phi) is 14.9. The summed E-state index contributed by atoms with van der Waals surface area (Å²) in [5.74, 6) is 0.118. The molecule has 4 saturated carbocycles. The molecule has 13 heteroatoms. The van der Waals surface area contributed by atoms with Crippen molar-refractivity contribution in [3.05, 3.63) is 95.6 Å². The molecule has 6 aliphatic rings. The van der Waals surface area contributed by atoms with E-state index in [1.165, 1.54) is 38.3 Å². The van der Waals surface area contributed by atoms with Gasteiger partial charge >= 0.3 is 11.9 Å². The Morgan fingerprint density at radius 3 is 1.72 bits per heavy atom. The lowest BCUT2D eigenvalue weighted by Crippen LogP contribution is -2.52. The number of para-hydroxylation sites is 2. The normalized spacial score (nSPS) is 24.0. The van der Waals surface area contributed by atoms with Crippen molar-refractivity contribution in [2.24, 2.45) is 11.8 Å². The van der Waals surface area contributed by atoms with E-state index in [0.717, 1.165) is 62.6 Å². The van der Waals surface area contributed by atoms with Crippen LogP contribution in [0.2, 0.25) is 0 Å². The molecule has 6 atom stereocenters. The number of hydrogen-bond acceptors (Lipinski definition) is 8. The number of methoxy groups -OCH3 is 2. The number of benzene rings is 3. The summed E-state index contributed by atoms with van der Waals surface area (Å²) >= 11 is 9.53. The number of nitrogens with one attached hydrogen (secondary N) is 1. The molecular formula is C48H58Cl2N4O7. The van der Waals surface area contributed by atoms with Gasteiger partial charge in [-0.05, 0) is 86.8 Å². The molecule has 2 heterocycles. The van der Waals surface area contributed by atoms with Gasteiger partial charge in [0.05, 0.1) is 44.5 Å². The summed E-state index contributed by atoms with van der Waals surface area (Å²) in [5.41, 5.74) is 5.05. The average molecular weight is 874 g/mol. The van der Waals surface area contributed by atoms with Crippen LogP contribution in [0.1, 0.15) is 123 Å². The topological polar surface area (TPSA) is 126 Å². The SMILES string of the molecule is COC(=O)CCC(=O)N(C1CC1)C1c2ccccc2N(C(=O)c2ccccc2)C2CCCC21.COC(=O)CCC(=O)N(C1CC1)C1c2ccccc2NC2CCCC21.ClCCl. The molecule has 1 N–H and O–H groups in total. The third-order valence-corrected chi connectivity index (χ3v) is 13.2. The quantitative estimate of drug-likeness (QED) is 0.149. The third kappa shape index (κ3) is 10.0. The van der Waals surface area contributed by atoms with Gasteiger partial charge in [0.15, 0.2) is 0 Å². The fourth-order valence-electron chi connectivity index (χ4n) is 10.3. The number of carbonyl (C=O) groups excluding carboxylic acids is 5. The molecule has 4 fully saturated rings. The molecular weight excluding hydrogens is 815 g/mol. The van der Waals surface area contributed by atoms with Crippen molar-refractivity contribution < 1.29 is 33.4 Å². The molecule has 4 aliphatic carbocycles. The number of esters is 2. The number of halogens is 2. The lowest BCUT2D eigenvalue weighted by Gasteiger charge is -2.48. The molecule has 9 rings (SSSR count). The number of rotatable bonds is 11. The monoisotopic (exact) mass is 872 g/mol. The van der Waals surface area contributed by atoms with Crippen LogP contribution in [-0.2, 0) is 28.7 Å². The predicted octanol–water partition coefficient (Wildman–Crippen LogP) is 9.19. The van der Waals surface area contributed by atoms with Crippen LogP contribution in [-0.4, -0.2) is 83.2 Å². The van der Waals surface area contributed by atoms with Crippen molar-refractivity contribution in [2.45, 2.75) is 126 Å². The van der Waals surface area contributed by atoms with Crippen molar-refractivity contribution in [3.8, 4) is 0 Å². The molecule has 0 bridgehead atoms. The predicted molar refractivity (Wildman–Crippen MR) is 236 cm³/mol. The van der Waals surface area contributed by atoms with Crippen LogP contribution in [0.5, 0.6) is 0 Å². The summed E-state index contributed by atoms with van der Waals surface area (Å²) in [6.07, 6.45) is 11.3. The second kappa shape index (κ2) is 20.5. The number of fused-ring (bicyclic) bond motifs is 4. The minimum absolute atomic E-state index is 0.0104. The Morgan fingerprint density at radius 1 is 0.623 bits per heavy atom. The first-order chi connectivity index (χ1) is 29.7. The number of anilines is 2. The van der Waals surface area contributed by atoms with Crippen LogP contribution < -0.4 is 10.2 Å². The number of ether oxygens (including phenoxy) is 2. The lowest BCUT2D eigenvalue weighted by molar-refractivity contribution is -0.145. The van der Waals surface area contributed by atoms with Crippen molar-refractivity contribution in [3.63, 3.8) is 0 Å². The first-order valence-corrected chi connectivity index (χ1v) is 23.0. The van der Waals surface area contributed by atoms with E-state index in [1.807, 2.05) is 53.4 Å². The largest absolute Gasteiger partial charge is 0.469 e. The van der Waals surface area contributed by atoms with Gasteiger partial charge in [0, 0.05) is 65.8 Å². The molecule has 0 aromatic heterocycles. The maximum absolute atomic E-state index is 13.7. The summed E-state index contributed by atoms with van der Waals surface area (Å²) in [4.78, 5) is 69.5. The standard InChI is InChI=1S/C27H30N2O4.C20H26N2O3.CH2Cl2/c1-33-25(31)17-16-24(30)28(19-14-15-19)26-20-10-5-6-12-22(20)29(23-13-7-11-21(23)26)27(32)18-8-3-2-4-9-18;1-25-19(24)12-11-18(23)22(13-9-10-13)20-14-5-2-3-7-16(14)21-17-8-4-6-15(17)20;2-1-3/h2-6,8-10,12,19,21,23,26H,7,11,13-17H2,1H3;2-3,5,7,13,15,17,20-21H,4,6,8-12H2,1H3;1H2. The zero-order valence-corrected chi connectivity index (χ0v) is 36.7. The Bertz CT molecular complexity index is 2030. The van der Waals surface area contributed by atoms with Crippen LogP contribution in [0.4, 0.5) is 11.4 Å². The van der Waals surface area contributed by atoms with E-state index in [1.54, 1.807) is 0 Å². The molecule has 11 nitrogen and oxygen atoms in total. The smallest absolute Gasteiger partial charge is 0.306 e. The van der Waals surface area contributed by atoms with Gasteiger partial charge in [0.1, 0.15) is 0 Å². The maximum atomic E-state index is 13.7. The number of carbonyl (C=O) groups is 5. The van der Waals surface area contributed by atoms with E-state index >= 15 is 0 Å². The molecule has 3 aromatic rings. The van der Waals surface area contributed by atoms with Crippen LogP contribution in [0.25, 0.3) is 0 Å². The third-order valence-electron chi connectivity index (χ3n) is 13.2. The van der Waals surface area contributed by atoms with Gasteiger partial charge in [0.25, 0.3) is 5.91 Å². The second-order valence-electron chi connectivity index (χ2n) is 16.9. The molecule has 326 valence electrons. The number of nitrogens with zero attached hydrogens (tertiary/aromatic N) is 3. The highest BCUT2D eigenvalue weighted by atomic mass is 35.5. The fraction of sp³-hybridized carbons (Fsp3) is 0.521. The molecule has 3 amide bonds. The van der Waals surface area contributed by atoms with Gasteiger partial charge in [-0.25, -0.2) is 0 Å². The van der Waals surface area contributed by atoms with Gasteiger partial charge in [-0.3, -0.25) is 24.0 Å². The highest BCUT2D eigenvalue weighted by Crippen LogP contribution is 2.53. The zero-order chi connectivity index (χ0) is 43.0. The van der Waals surface area contributed by atoms with Gasteiger partial charge in [-0.1, -0.05) is 67.4 Å². The number of alkyl halides is 2. The molecule has 0 spiro atoms. The Balaban J connectivity index is 0.000000179. The first-order valence-electron chi connectivity index (χ1n) is 21.9. The Labute approximate surface area is 369 Å². The summed E-state index contributed by atoms with van der Waals surface area (Å²) in [7, 11) is 2.72. The summed E-state index contributed by atoms with van der Waals surface area (Å²) in [6.45, 7) is 0.